The topological polar surface area (TPSA) is 96.4 Å². The van der Waals surface area contributed by atoms with Gasteiger partial charge in [-0.15, -0.1) is 0 Å². The van der Waals surface area contributed by atoms with Crippen LogP contribution in [0.3, 0.4) is 0 Å². The van der Waals surface area contributed by atoms with E-state index in [0.29, 0.717) is 23.8 Å². The molecule has 12 heteroatoms. The van der Waals surface area contributed by atoms with Crippen LogP contribution in [0.25, 0.3) is 16.7 Å². The molecule has 0 radical (unpaired) electrons. The Balaban J connectivity index is 1.82. The number of fused-ring (bicyclic) bond motifs is 1. The van der Waals surface area contributed by atoms with Gasteiger partial charge in [-0.25, -0.2) is 19.9 Å². The van der Waals surface area contributed by atoms with E-state index in [0.717, 1.165) is 12.4 Å². The molecule has 3 aromatic heterocycles. The lowest BCUT2D eigenvalue weighted by atomic mass is 10.1. The molecule has 0 bridgehead atoms. The van der Waals surface area contributed by atoms with E-state index in [9.17, 15) is 13.2 Å². The summed E-state index contributed by atoms with van der Waals surface area (Å²) < 4.78 is 42.3. The summed E-state index contributed by atoms with van der Waals surface area (Å²) in [6.45, 7) is 4.08. The van der Waals surface area contributed by atoms with Crippen LogP contribution in [0, 0.1) is 11.3 Å². The van der Waals surface area contributed by atoms with Gasteiger partial charge in [0.2, 0.25) is 0 Å². The van der Waals surface area contributed by atoms with E-state index >= 15 is 0 Å². The molecular formula is C21H16ClF3N8. The highest BCUT2D eigenvalue weighted by molar-refractivity contribution is 6.31. The molecule has 168 valence electrons. The van der Waals surface area contributed by atoms with Crippen molar-refractivity contribution in [2.45, 2.75) is 26.1 Å². The van der Waals surface area contributed by atoms with Gasteiger partial charge in [-0.1, -0.05) is 11.6 Å². The first-order valence-corrected chi connectivity index (χ1v) is 10.2. The predicted octanol–water partition coefficient (Wildman–Crippen LogP) is 4.74. The minimum Gasteiger partial charge on any atom is -0.346 e. The van der Waals surface area contributed by atoms with Gasteiger partial charge in [-0.2, -0.15) is 28.2 Å². The second kappa shape index (κ2) is 8.63. The minimum absolute atomic E-state index is 0.0699. The lowest BCUT2D eigenvalue weighted by Crippen LogP contribution is -2.30. The van der Waals surface area contributed by atoms with Gasteiger partial charge in [0, 0.05) is 23.2 Å². The molecule has 4 rings (SSSR count). The van der Waals surface area contributed by atoms with E-state index in [4.69, 9.17) is 16.9 Å². The highest BCUT2D eigenvalue weighted by Crippen LogP contribution is 2.39. The number of benzene rings is 1. The van der Waals surface area contributed by atoms with E-state index in [-0.39, 0.29) is 21.7 Å². The smallest absolute Gasteiger partial charge is 0.346 e. The van der Waals surface area contributed by atoms with E-state index < -0.39 is 17.8 Å². The maximum Gasteiger partial charge on any atom is 0.418 e. The molecule has 3 heterocycles. The SMILES string of the molecule is CCN(c1ncnc2c(C(F)(F)F)cc(Cl)cc12)[C@@H](C)c1ncnn1-c1ccc(C#N)cn1. The zero-order chi connectivity index (χ0) is 23.8. The summed E-state index contributed by atoms with van der Waals surface area (Å²) in [7, 11) is 0. The van der Waals surface area contributed by atoms with Gasteiger partial charge < -0.3 is 4.90 Å². The monoisotopic (exact) mass is 472 g/mol. The summed E-state index contributed by atoms with van der Waals surface area (Å²) >= 11 is 6.03. The average Bonchev–Trinajstić information content (AvgIpc) is 3.28. The number of pyridine rings is 1. The molecule has 0 fully saturated rings. The van der Waals surface area contributed by atoms with Crippen molar-refractivity contribution in [1.29, 1.82) is 5.26 Å². The number of nitriles is 1. The number of rotatable bonds is 5. The fourth-order valence-electron chi connectivity index (χ4n) is 3.60. The molecule has 0 spiro atoms. The molecule has 1 atom stereocenters. The number of halogens is 4. The van der Waals surface area contributed by atoms with Crippen molar-refractivity contribution in [3.05, 3.63) is 65.1 Å². The van der Waals surface area contributed by atoms with Crippen molar-refractivity contribution >= 4 is 28.3 Å². The molecule has 33 heavy (non-hydrogen) atoms. The molecule has 0 aliphatic carbocycles. The Hall–Kier alpha value is -3.78. The van der Waals surface area contributed by atoms with Crippen LogP contribution in [0.5, 0.6) is 0 Å². The van der Waals surface area contributed by atoms with Gasteiger partial charge in [0.05, 0.1) is 22.7 Å². The second-order valence-corrected chi connectivity index (χ2v) is 7.49. The van der Waals surface area contributed by atoms with E-state index in [2.05, 4.69) is 25.0 Å². The number of anilines is 1. The molecule has 0 saturated carbocycles. The normalized spacial score (nSPS) is 12.5. The molecule has 0 aliphatic heterocycles. The number of hydrogen-bond donors (Lipinski definition) is 0. The fourth-order valence-corrected chi connectivity index (χ4v) is 3.82. The standard InChI is InChI=1S/C21H16ClF3N8/c1-3-32(12(2)19-30-11-31-33(19)17-5-4-13(8-26)9-27-17)20-15-6-14(22)7-16(21(23,24)25)18(15)28-10-29-20/h4-7,9-12H,3H2,1-2H3/t12-/m0/s1. The van der Waals surface area contributed by atoms with Crippen molar-refractivity contribution in [2.75, 3.05) is 11.4 Å². The Morgan fingerprint density at radius 3 is 2.58 bits per heavy atom. The third kappa shape index (κ3) is 4.17. The van der Waals surface area contributed by atoms with E-state index in [1.165, 1.54) is 23.3 Å². The molecular weight excluding hydrogens is 457 g/mol. The Bertz CT molecular complexity index is 1340. The Morgan fingerprint density at radius 1 is 1.15 bits per heavy atom. The van der Waals surface area contributed by atoms with E-state index in [1.807, 2.05) is 19.9 Å². The van der Waals surface area contributed by atoms with Gasteiger partial charge >= 0.3 is 6.18 Å². The summed E-state index contributed by atoms with van der Waals surface area (Å²) in [5, 5.41) is 13.3. The van der Waals surface area contributed by atoms with Gasteiger partial charge in [-0.05, 0) is 38.1 Å². The highest BCUT2D eigenvalue weighted by atomic mass is 35.5. The van der Waals surface area contributed by atoms with Gasteiger partial charge in [-0.3, -0.25) is 0 Å². The van der Waals surface area contributed by atoms with Crippen LogP contribution >= 0.6 is 11.6 Å². The molecule has 0 N–H and O–H groups in total. The van der Waals surface area contributed by atoms with Crippen LogP contribution in [0.15, 0.2) is 43.1 Å². The maximum atomic E-state index is 13.6. The first-order valence-electron chi connectivity index (χ1n) is 9.79. The number of nitrogens with zero attached hydrogens (tertiary/aromatic N) is 8. The van der Waals surface area contributed by atoms with Crippen LogP contribution in [0.1, 0.15) is 36.8 Å². The lowest BCUT2D eigenvalue weighted by Gasteiger charge is -2.29. The lowest BCUT2D eigenvalue weighted by molar-refractivity contribution is -0.136. The van der Waals surface area contributed by atoms with Crippen LogP contribution in [0.2, 0.25) is 5.02 Å². The molecule has 0 amide bonds. The number of aromatic nitrogens is 6. The second-order valence-electron chi connectivity index (χ2n) is 7.05. The third-order valence-corrected chi connectivity index (χ3v) is 5.33. The zero-order valence-electron chi connectivity index (χ0n) is 17.4. The Morgan fingerprint density at radius 2 is 1.94 bits per heavy atom. The zero-order valence-corrected chi connectivity index (χ0v) is 18.2. The first-order chi connectivity index (χ1) is 15.7. The summed E-state index contributed by atoms with van der Waals surface area (Å²) in [4.78, 5) is 18.5. The van der Waals surface area contributed by atoms with Crippen molar-refractivity contribution in [2.24, 2.45) is 0 Å². The van der Waals surface area contributed by atoms with Crippen LogP contribution < -0.4 is 4.90 Å². The Kier molecular flexibility index (Phi) is 5.86. The largest absolute Gasteiger partial charge is 0.418 e. The van der Waals surface area contributed by atoms with Crippen molar-refractivity contribution in [1.82, 2.24) is 29.7 Å². The Labute approximate surface area is 191 Å². The molecule has 0 aliphatic rings. The van der Waals surface area contributed by atoms with Crippen molar-refractivity contribution in [3.8, 4) is 11.9 Å². The summed E-state index contributed by atoms with van der Waals surface area (Å²) in [5.41, 5.74) is -0.770. The quantitative estimate of drug-likeness (QED) is 0.414. The van der Waals surface area contributed by atoms with Crippen LogP contribution in [-0.2, 0) is 6.18 Å². The van der Waals surface area contributed by atoms with Gasteiger partial charge in [0.1, 0.15) is 24.5 Å². The summed E-state index contributed by atoms with van der Waals surface area (Å²) in [6, 6.07) is 7.06. The maximum absolute atomic E-state index is 13.6. The molecule has 0 unspecified atom stereocenters. The molecule has 4 aromatic rings. The fraction of sp³-hybridized carbons (Fsp3) is 0.238. The van der Waals surface area contributed by atoms with Gasteiger partial charge in [0.25, 0.3) is 0 Å². The third-order valence-electron chi connectivity index (χ3n) is 5.11. The predicted molar refractivity (Wildman–Crippen MR) is 115 cm³/mol. The van der Waals surface area contributed by atoms with Gasteiger partial charge in [0.15, 0.2) is 11.6 Å². The molecule has 1 aromatic carbocycles. The first kappa shape index (κ1) is 22.4. The number of alkyl halides is 3. The van der Waals surface area contributed by atoms with Crippen molar-refractivity contribution < 1.29 is 13.2 Å². The summed E-state index contributed by atoms with van der Waals surface area (Å²) in [6.07, 6.45) is -0.750. The molecule has 0 saturated heterocycles. The van der Waals surface area contributed by atoms with Crippen LogP contribution in [0.4, 0.5) is 19.0 Å². The average molecular weight is 473 g/mol. The minimum atomic E-state index is -4.63. The van der Waals surface area contributed by atoms with E-state index in [1.54, 1.807) is 17.0 Å². The number of hydrogen-bond acceptors (Lipinski definition) is 7. The summed E-state index contributed by atoms with van der Waals surface area (Å²) in [5.74, 6) is 1.21. The van der Waals surface area contributed by atoms with Crippen molar-refractivity contribution in [3.63, 3.8) is 0 Å². The molecule has 8 nitrogen and oxygen atoms in total. The highest BCUT2D eigenvalue weighted by Gasteiger charge is 2.35. The van der Waals surface area contributed by atoms with Crippen LogP contribution in [-0.4, -0.2) is 36.3 Å².